The number of fused-ring (bicyclic) bond motifs is 1. The van der Waals surface area contributed by atoms with Gasteiger partial charge in [0.2, 0.25) is 5.91 Å². The number of nitrogens with one attached hydrogen (secondary N) is 2. The van der Waals surface area contributed by atoms with E-state index < -0.39 is 0 Å². The van der Waals surface area contributed by atoms with Crippen LogP contribution in [0, 0.1) is 0 Å². The minimum absolute atomic E-state index is 0.0296. The molecule has 1 saturated heterocycles. The number of carbonyl (C=O) groups excluding carboxylic acids is 2. The fourth-order valence-corrected chi connectivity index (χ4v) is 4.09. The summed E-state index contributed by atoms with van der Waals surface area (Å²) in [4.78, 5) is 31.3. The second-order valence-electron chi connectivity index (χ2n) is 7.98. The summed E-state index contributed by atoms with van der Waals surface area (Å²) < 4.78 is 11.4. The van der Waals surface area contributed by atoms with Crippen LogP contribution in [0.15, 0.2) is 36.5 Å². The van der Waals surface area contributed by atoms with E-state index >= 15 is 0 Å². The number of para-hydroxylation sites is 1. The van der Waals surface area contributed by atoms with Crippen LogP contribution in [0.1, 0.15) is 42.1 Å². The topological polar surface area (TPSA) is 92.8 Å². The quantitative estimate of drug-likeness (QED) is 0.585. The van der Waals surface area contributed by atoms with E-state index in [1.165, 1.54) is 0 Å². The minimum Gasteiger partial charge on any atom is -0.494 e. The molecule has 1 aromatic heterocycles. The van der Waals surface area contributed by atoms with Gasteiger partial charge in [-0.25, -0.2) is 4.98 Å². The van der Waals surface area contributed by atoms with Gasteiger partial charge < -0.3 is 25.0 Å². The highest BCUT2D eigenvalue weighted by molar-refractivity contribution is 6.04. The van der Waals surface area contributed by atoms with E-state index in [2.05, 4.69) is 15.6 Å². The lowest BCUT2D eigenvalue weighted by Crippen LogP contribution is -2.44. The molecule has 2 aromatic rings. The van der Waals surface area contributed by atoms with Gasteiger partial charge in [-0.3, -0.25) is 9.59 Å². The van der Waals surface area contributed by atoms with Crippen LogP contribution in [-0.2, 0) is 16.0 Å². The Balaban J connectivity index is 1.36. The Kier molecular flexibility index (Phi) is 7.21. The largest absolute Gasteiger partial charge is 0.494 e. The zero-order chi connectivity index (χ0) is 22.3. The van der Waals surface area contributed by atoms with Crippen LogP contribution in [0.2, 0.25) is 0 Å². The Bertz CT molecular complexity index is 959. The Morgan fingerprint density at radius 1 is 1.38 bits per heavy atom. The van der Waals surface area contributed by atoms with Crippen molar-refractivity contribution in [3.8, 4) is 5.75 Å². The predicted octanol–water partition coefficient (Wildman–Crippen LogP) is 2.78. The van der Waals surface area contributed by atoms with Crippen LogP contribution in [-0.4, -0.2) is 55.8 Å². The summed E-state index contributed by atoms with van der Waals surface area (Å²) in [7, 11) is 0. The normalized spacial score (nSPS) is 17.6. The Labute approximate surface area is 188 Å². The molecule has 0 spiro atoms. The van der Waals surface area contributed by atoms with Crippen molar-refractivity contribution in [2.75, 3.05) is 43.1 Å². The van der Waals surface area contributed by atoms with Gasteiger partial charge in [-0.1, -0.05) is 18.2 Å². The first-order valence-electron chi connectivity index (χ1n) is 11.3. The molecular weight excluding hydrogens is 408 g/mol. The van der Waals surface area contributed by atoms with Crippen molar-refractivity contribution in [3.05, 3.63) is 47.7 Å². The zero-order valence-corrected chi connectivity index (χ0v) is 18.4. The van der Waals surface area contributed by atoms with Crippen LogP contribution in [0.3, 0.4) is 0 Å². The van der Waals surface area contributed by atoms with Crippen molar-refractivity contribution < 1.29 is 19.1 Å². The molecule has 3 heterocycles. The molecule has 4 rings (SSSR count). The van der Waals surface area contributed by atoms with E-state index in [4.69, 9.17) is 9.47 Å². The lowest BCUT2D eigenvalue weighted by molar-refractivity contribution is -0.117. The average Bonchev–Trinajstić information content (AvgIpc) is 3.33. The van der Waals surface area contributed by atoms with Crippen molar-refractivity contribution in [1.29, 1.82) is 0 Å². The SMILES string of the molecule is CCOc1ccccc1CCCNC(=O)c1cnc2c(c1)N(CC1CCCO1)C(=O)CN2. The molecule has 32 heavy (non-hydrogen) atoms. The second-order valence-corrected chi connectivity index (χ2v) is 7.98. The fourth-order valence-electron chi connectivity index (χ4n) is 4.09. The highest BCUT2D eigenvalue weighted by atomic mass is 16.5. The zero-order valence-electron chi connectivity index (χ0n) is 18.4. The van der Waals surface area contributed by atoms with Crippen molar-refractivity contribution in [2.45, 2.75) is 38.7 Å². The number of aryl methyl sites for hydroxylation is 1. The third kappa shape index (κ3) is 5.19. The molecule has 0 saturated carbocycles. The molecule has 2 aliphatic rings. The molecule has 1 unspecified atom stereocenters. The molecule has 1 atom stereocenters. The number of benzene rings is 1. The standard InChI is InChI=1S/C24H30N4O4/c1-2-31-21-10-4-3-7-17(21)8-5-11-25-24(30)18-13-20-23(26-14-18)27-15-22(29)28(20)16-19-9-6-12-32-19/h3-4,7,10,13-14,19H,2,5-6,8-9,11-12,15-16H2,1H3,(H,25,30)(H,26,27). The molecule has 1 fully saturated rings. The summed E-state index contributed by atoms with van der Waals surface area (Å²) in [5.74, 6) is 1.27. The summed E-state index contributed by atoms with van der Waals surface area (Å²) >= 11 is 0. The van der Waals surface area contributed by atoms with Crippen LogP contribution in [0.4, 0.5) is 11.5 Å². The van der Waals surface area contributed by atoms with E-state index in [1.807, 2.05) is 31.2 Å². The predicted molar refractivity (Wildman–Crippen MR) is 122 cm³/mol. The van der Waals surface area contributed by atoms with Crippen molar-refractivity contribution in [1.82, 2.24) is 10.3 Å². The molecule has 170 valence electrons. The first kappa shape index (κ1) is 22.1. The molecule has 2 amide bonds. The minimum atomic E-state index is -0.200. The molecular formula is C24H30N4O4. The van der Waals surface area contributed by atoms with Gasteiger partial charge in [0.25, 0.3) is 5.91 Å². The first-order chi connectivity index (χ1) is 15.7. The van der Waals surface area contributed by atoms with E-state index in [9.17, 15) is 9.59 Å². The number of pyridine rings is 1. The van der Waals surface area contributed by atoms with Crippen molar-refractivity contribution in [2.24, 2.45) is 0 Å². The van der Waals surface area contributed by atoms with Gasteiger partial charge in [0.05, 0.1) is 37.1 Å². The molecule has 2 N–H and O–H groups in total. The smallest absolute Gasteiger partial charge is 0.252 e. The maximum Gasteiger partial charge on any atom is 0.252 e. The second kappa shape index (κ2) is 10.5. The number of hydrogen-bond donors (Lipinski definition) is 2. The van der Waals surface area contributed by atoms with E-state index in [0.29, 0.717) is 36.8 Å². The molecule has 1 aromatic carbocycles. The number of hydrogen-bond acceptors (Lipinski definition) is 6. The first-order valence-corrected chi connectivity index (χ1v) is 11.3. The van der Waals surface area contributed by atoms with Crippen molar-refractivity contribution >= 4 is 23.3 Å². The third-order valence-corrected chi connectivity index (χ3v) is 5.72. The van der Waals surface area contributed by atoms with E-state index in [1.54, 1.807) is 17.2 Å². The highest BCUT2D eigenvalue weighted by Gasteiger charge is 2.29. The van der Waals surface area contributed by atoms with Crippen LogP contribution >= 0.6 is 0 Å². The number of amides is 2. The summed E-state index contributed by atoms with van der Waals surface area (Å²) in [6, 6.07) is 9.70. The molecule has 8 heteroatoms. The number of carbonyl (C=O) groups is 2. The highest BCUT2D eigenvalue weighted by Crippen LogP contribution is 2.30. The summed E-state index contributed by atoms with van der Waals surface area (Å²) in [5, 5.41) is 5.99. The number of ether oxygens (including phenoxy) is 2. The van der Waals surface area contributed by atoms with Gasteiger partial charge in [0.15, 0.2) is 0 Å². The molecule has 0 bridgehead atoms. The molecule has 0 aliphatic carbocycles. The van der Waals surface area contributed by atoms with Gasteiger partial charge in [0.1, 0.15) is 11.6 Å². The Morgan fingerprint density at radius 3 is 3.06 bits per heavy atom. The fraction of sp³-hybridized carbons (Fsp3) is 0.458. The van der Waals surface area contributed by atoms with E-state index in [-0.39, 0.29) is 24.5 Å². The molecule has 8 nitrogen and oxygen atoms in total. The monoisotopic (exact) mass is 438 g/mol. The van der Waals surface area contributed by atoms with Crippen molar-refractivity contribution in [3.63, 3.8) is 0 Å². The Morgan fingerprint density at radius 2 is 2.25 bits per heavy atom. The molecule has 0 radical (unpaired) electrons. The van der Waals surface area contributed by atoms with E-state index in [0.717, 1.165) is 43.6 Å². The van der Waals surface area contributed by atoms with Gasteiger partial charge in [0, 0.05) is 19.3 Å². The average molecular weight is 439 g/mol. The van der Waals surface area contributed by atoms with Crippen LogP contribution in [0.25, 0.3) is 0 Å². The number of rotatable bonds is 9. The maximum absolute atomic E-state index is 12.7. The number of aromatic nitrogens is 1. The van der Waals surface area contributed by atoms with Gasteiger partial charge in [-0.2, -0.15) is 0 Å². The lowest BCUT2D eigenvalue weighted by Gasteiger charge is -2.31. The molecule has 2 aliphatic heterocycles. The summed E-state index contributed by atoms with van der Waals surface area (Å²) in [6.07, 6.45) is 5.12. The van der Waals surface area contributed by atoms with Crippen LogP contribution < -0.4 is 20.3 Å². The third-order valence-electron chi connectivity index (χ3n) is 5.72. The summed E-state index contributed by atoms with van der Waals surface area (Å²) in [5.41, 5.74) is 2.20. The maximum atomic E-state index is 12.7. The number of anilines is 2. The van der Waals surface area contributed by atoms with Gasteiger partial charge in [-0.05, 0) is 50.3 Å². The van der Waals surface area contributed by atoms with Crippen LogP contribution in [0.5, 0.6) is 5.75 Å². The van der Waals surface area contributed by atoms with Gasteiger partial charge in [-0.15, -0.1) is 0 Å². The number of nitrogens with zero attached hydrogens (tertiary/aromatic N) is 2. The van der Waals surface area contributed by atoms with Gasteiger partial charge >= 0.3 is 0 Å². The Hall–Kier alpha value is -3.13. The lowest BCUT2D eigenvalue weighted by atomic mass is 10.1. The summed E-state index contributed by atoms with van der Waals surface area (Å²) in [6.45, 7) is 4.54.